The van der Waals surface area contributed by atoms with Crippen molar-refractivity contribution in [1.82, 2.24) is 19.6 Å². The van der Waals surface area contributed by atoms with Gasteiger partial charge in [-0.15, -0.1) is 11.3 Å². The molecule has 0 unspecified atom stereocenters. The number of thiazole rings is 1. The number of hydrogen-bond donors (Lipinski definition) is 1. The normalized spacial score (nSPS) is 12.7. The SMILES string of the molecule is Cc1cc2nc(C)c(CCC(=O)Nc3nc(-c4ccc5c(c4)CCO5)cs3)c(C)n2n1. The Morgan fingerprint density at radius 1 is 1.23 bits per heavy atom. The molecule has 0 radical (unpaired) electrons. The number of nitrogens with one attached hydrogen (secondary N) is 1. The van der Waals surface area contributed by atoms with E-state index in [0.29, 0.717) is 18.0 Å². The fourth-order valence-corrected chi connectivity index (χ4v) is 4.77. The smallest absolute Gasteiger partial charge is 0.226 e. The first kappa shape index (κ1) is 19.7. The zero-order valence-electron chi connectivity index (χ0n) is 17.7. The molecule has 1 N–H and O–H groups in total. The van der Waals surface area contributed by atoms with Gasteiger partial charge in [-0.3, -0.25) is 4.79 Å². The summed E-state index contributed by atoms with van der Waals surface area (Å²) < 4.78 is 7.42. The molecule has 0 fully saturated rings. The third-order valence-corrected chi connectivity index (χ3v) is 6.38. The van der Waals surface area contributed by atoms with E-state index < -0.39 is 0 Å². The minimum Gasteiger partial charge on any atom is -0.493 e. The molecule has 0 saturated carbocycles. The highest BCUT2D eigenvalue weighted by Crippen LogP contribution is 2.32. The lowest BCUT2D eigenvalue weighted by Crippen LogP contribution is -2.14. The standard InChI is InChI=1S/C23H23N5O2S/c1-13-10-21-24-14(2)18(15(3)28(21)27-13)5-7-22(29)26-23-25-19(12-31-23)16-4-6-20-17(11-16)8-9-30-20/h4,6,10-12H,5,7-9H2,1-3H3,(H,25,26,29). The summed E-state index contributed by atoms with van der Waals surface area (Å²) in [4.78, 5) is 21.8. The van der Waals surface area contributed by atoms with E-state index in [9.17, 15) is 4.79 Å². The predicted octanol–water partition coefficient (Wildman–Crippen LogP) is 4.28. The maximum Gasteiger partial charge on any atom is 0.226 e. The van der Waals surface area contributed by atoms with Crippen molar-refractivity contribution < 1.29 is 9.53 Å². The summed E-state index contributed by atoms with van der Waals surface area (Å²) in [5, 5.41) is 10.0. The van der Waals surface area contributed by atoms with Gasteiger partial charge >= 0.3 is 0 Å². The average Bonchev–Trinajstić information content (AvgIpc) is 3.46. The van der Waals surface area contributed by atoms with Crippen molar-refractivity contribution in [2.24, 2.45) is 0 Å². The zero-order chi connectivity index (χ0) is 21.5. The highest BCUT2D eigenvalue weighted by molar-refractivity contribution is 7.14. The molecular weight excluding hydrogens is 410 g/mol. The van der Waals surface area contributed by atoms with Crippen molar-refractivity contribution in [3.8, 4) is 17.0 Å². The van der Waals surface area contributed by atoms with Crippen LogP contribution >= 0.6 is 11.3 Å². The number of carbonyl (C=O) groups is 1. The molecule has 4 aromatic rings. The average molecular weight is 434 g/mol. The molecule has 1 aliphatic rings. The minimum absolute atomic E-state index is 0.0567. The molecule has 4 heterocycles. The Hall–Kier alpha value is -3.26. The number of ether oxygens (including phenoxy) is 1. The van der Waals surface area contributed by atoms with Crippen LogP contribution in [0.1, 0.15) is 34.6 Å². The molecule has 1 amide bonds. The number of aromatic nitrogens is 4. The van der Waals surface area contributed by atoms with Crippen LogP contribution in [0.5, 0.6) is 5.75 Å². The maximum absolute atomic E-state index is 12.6. The number of fused-ring (bicyclic) bond motifs is 2. The van der Waals surface area contributed by atoms with Crippen LogP contribution in [0.4, 0.5) is 5.13 Å². The molecule has 158 valence electrons. The molecule has 0 atom stereocenters. The van der Waals surface area contributed by atoms with Crippen molar-refractivity contribution >= 4 is 28.0 Å². The summed E-state index contributed by atoms with van der Waals surface area (Å²) in [6, 6.07) is 8.08. The molecule has 5 rings (SSSR count). The second-order valence-electron chi connectivity index (χ2n) is 7.82. The van der Waals surface area contributed by atoms with Gasteiger partial charge in [0.25, 0.3) is 0 Å². The Morgan fingerprint density at radius 3 is 2.97 bits per heavy atom. The Bertz CT molecular complexity index is 1310. The van der Waals surface area contributed by atoms with E-state index in [1.54, 1.807) is 0 Å². The van der Waals surface area contributed by atoms with E-state index in [1.165, 1.54) is 16.9 Å². The Balaban J connectivity index is 1.26. The van der Waals surface area contributed by atoms with E-state index in [2.05, 4.69) is 26.4 Å². The fraction of sp³-hybridized carbons (Fsp3) is 0.304. The van der Waals surface area contributed by atoms with Crippen molar-refractivity contribution in [1.29, 1.82) is 0 Å². The quantitative estimate of drug-likeness (QED) is 0.508. The summed E-state index contributed by atoms with van der Waals surface area (Å²) in [5.74, 6) is 0.898. The van der Waals surface area contributed by atoms with E-state index in [0.717, 1.165) is 58.3 Å². The largest absolute Gasteiger partial charge is 0.493 e. The van der Waals surface area contributed by atoms with E-state index in [-0.39, 0.29) is 5.91 Å². The lowest BCUT2D eigenvalue weighted by atomic mass is 10.1. The zero-order valence-corrected chi connectivity index (χ0v) is 18.5. The fourth-order valence-electron chi connectivity index (χ4n) is 4.03. The molecule has 0 aliphatic carbocycles. The first-order chi connectivity index (χ1) is 15.0. The first-order valence-electron chi connectivity index (χ1n) is 10.3. The number of amides is 1. The van der Waals surface area contributed by atoms with Crippen LogP contribution in [0.3, 0.4) is 0 Å². The van der Waals surface area contributed by atoms with E-state index in [4.69, 9.17) is 4.74 Å². The molecule has 31 heavy (non-hydrogen) atoms. The van der Waals surface area contributed by atoms with Crippen LogP contribution in [0.25, 0.3) is 16.9 Å². The van der Waals surface area contributed by atoms with Gasteiger partial charge in [0.1, 0.15) is 5.75 Å². The van der Waals surface area contributed by atoms with Crippen molar-refractivity contribution in [2.75, 3.05) is 11.9 Å². The van der Waals surface area contributed by atoms with Crippen molar-refractivity contribution in [3.63, 3.8) is 0 Å². The first-order valence-corrected chi connectivity index (χ1v) is 11.2. The van der Waals surface area contributed by atoms with Gasteiger partial charge in [0.15, 0.2) is 10.8 Å². The maximum atomic E-state index is 12.6. The van der Waals surface area contributed by atoms with Gasteiger partial charge in [-0.1, -0.05) is 0 Å². The van der Waals surface area contributed by atoms with Crippen LogP contribution < -0.4 is 10.1 Å². The van der Waals surface area contributed by atoms with Gasteiger partial charge in [-0.05, 0) is 56.5 Å². The molecule has 8 heteroatoms. The van der Waals surface area contributed by atoms with Crippen LogP contribution in [-0.4, -0.2) is 32.1 Å². The topological polar surface area (TPSA) is 81.4 Å². The molecule has 0 bridgehead atoms. The third kappa shape index (κ3) is 3.79. The molecule has 3 aromatic heterocycles. The Kier molecular flexibility index (Phi) is 4.94. The second kappa shape index (κ2) is 7.77. The van der Waals surface area contributed by atoms with Crippen molar-refractivity contribution in [2.45, 2.75) is 40.0 Å². The number of rotatable bonds is 5. The van der Waals surface area contributed by atoms with E-state index in [1.807, 2.05) is 48.9 Å². The molecule has 7 nitrogen and oxygen atoms in total. The van der Waals surface area contributed by atoms with Crippen LogP contribution in [0.15, 0.2) is 29.6 Å². The number of carbonyl (C=O) groups excluding carboxylic acids is 1. The lowest BCUT2D eigenvalue weighted by Gasteiger charge is -2.10. The predicted molar refractivity (Wildman–Crippen MR) is 121 cm³/mol. The monoisotopic (exact) mass is 433 g/mol. The lowest BCUT2D eigenvalue weighted by molar-refractivity contribution is -0.116. The third-order valence-electron chi connectivity index (χ3n) is 5.62. The summed E-state index contributed by atoms with van der Waals surface area (Å²) in [6.07, 6.45) is 1.89. The number of hydrogen-bond acceptors (Lipinski definition) is 6. The summed E-state index contributed by atoms with van der Waals surface area (Å²) >= 11 is 1.44. The molecule has 0 saturated heterocycles. The highest BCUT2D eigenvalue weighted by Gasteiger charge is 2.16. The highest BCUT2D eigenvalue weighted by atomic mass is 32.1. The number of aryl methyl sites for hydroxylation is 3. The van der Waals surface area contributed by atoms with Gasteiger partial charge in [-0.25, -0.2) is 14.5 Å². The van der Waals surface area contributed by atoms with Crippen LogP contribution in [-0.2, 0) is 17.6 Å². The van der Waals surface area contributed by atoms with Gasteiger partial charge in [0, 0.05) is 41.2 Å². The summed E-state index contributed by atoms with van der Waals surface area (Å²) in [6.45, 7) is 6.70. The molecule has 0 spiro atoms. The van der Waals surface area contributed by atoms with Gasteiger partial charge in [0.2, 0.25) is 5.91 Å². The van der Waals surface area contributed by atoms with Crippen molar-refractivity contribution in [3.05, 3.63) is 57.9 Å². The number of benzene rings is 1. The van der Waals surface area contributed by atoms with Crippen LogP contribution in [0.2, 0.25) is 0 Å². The Morgan fingerprint density at radius 2 is 2.10 bits per heavy atom. The second-order valence-corrected chi connectivity index (χ2v) is 8.68. The molecular formula is C23H23N5O2S. The Labute approximate surface area is 184 Å². The summed E-state index contributed by atoms with van der Waals surface area (Å²) in [7, 11) is 0. The minimum atomic E-state index is -0.0567. The van der Waals surface area contributed by atoms with Gasteiger partial charge in [0.05, 0.1) is 18.0 Å². The van der Waals surface area contributed by atoms with Gasteiger partial charge in [-0.2, -0.15) is 5.10 Å². The molecule has 1 aromatic carbocycles. The number of nitrogens with zero attached hydrogens (tertiary/aromatic N) is 4. The number of anilines is 1. The van der Waals surface area contributed by atoms with E-state index >= 15 is 0 Å². The molecule has 1 aliphatic heterocycles. The van der Waals surface area contributed by atoms with Crippen LogP contribution in [0, 0.1) is 20.8 Å². The van der Waals surface area contributed by atoms with Gasteiger partial charge < -0.3 is 10.1 Å². The summed E-state index contributed by atoms with van der Waals surface area (Å²) in [5.41, 5.74) is 7.92.